The fraction of sp³-hybridized carbons (Fsp3) is 0.875. The van der Waals surface area contributed by atoms with Crippen molar-refractivity contribution >= 4 is 5.78 Å². The molecule has 2 heteroatoms. The van der Waals surface area contributed by atoms with Crippen LogP contribution in [-0.4, -0.2) is 11.8 Å². The Morgan fingerprint density at radius 3 is 2.30 bits per heavy atom. The van der Waals surface area contributed by atoms with E-state index in [4.69, 9.17) is 5.73 Å². The van der Waals surface area contributed by atoms with Gasteiger partial charge in [-0.3, -0.25) is 4.79 Å². The Morgan fingerprint density at radius 2 is 2.00 bits per heavy atom. The Morgan fingerprint density at radius 1 is 1.50 bits per heavy atom. The molecule has 0 unspecified atom stereocenters. The smallest absolute Gasteiger partial charge is 0.152 e. The monoisotopic (exact) mass is 143 g/mol. The lowest BCUT2D eigenvalue weighted by atomic mass is 9.99. The van der Waals surface area contributed by atoms with Crippen molar-refractivity contribution in [2.75, 3.05) is 0 Å². The van der Waals surface area contributed by atoms with Crippen molar-refractivity contribution in [3.8, 4) is 0 Å². The third-order valence-electron chi connectivity index (χ3n) is 1.53. The molecular formula is C8H17NO. The van der Waals surface area contributed by atoms with Crippen molar-refractivity contribution in [3.63, 3.8) is 0 Å². The van der Waals surface area contributed by atoms with Crippen LogP contribution in [0.4, 0.5) is 0 Å². The molecular weight excluding hydrogens is 126 g/mol. The number of hydrogen-bond acceptors (Lipinski definition) is 2. The fourth-order valence-electron chi connectivity index (χ4n) is 0.881. The first-order chi connectivity index (χ1) is 4.59. The number of carbonyl (C=O) groups excluding carboxylic acids is 1. The van der Waals surface area contributed by atoms with Crippen LogP contribution in [0.5, 0.6) is 0 Å². The van der Waals surface area contributed by atoms with Gasteiger partial charge in [0, 0.05) is 5.92 Å². The molecule has 0 saturated carbocycles. The quantitative estimate of drug-likeness (QED) is 0.645. The largest absolute Gasteiger partial charge is 0.321 e. The van der Waals surface area contributed by atoms with E-state index >= 15 is 0 Å². The van der Waals surface area contributed by atoms with Gasteiger partial charge in [-0.1, -0.05) is 27.2 Å². The van der Waals surface area contributed by atoms with Crippen LogP contribution < -0.4 is 5.73 Å². The van der Waals surface area contributed by atoms with Gasteiger partial charge >= 0.3 is 0 Å². The highest BCUT2D eigenvalue weighted by Gasteiger charge is 2.14. The summed E-state index contributed by atoms with van der Waals surface area (Å²) in [6, 6.07) is -0.231. The summed E-state index contributed by atoms with van der Waals surface area (Å²) in [5, 5.41) is 0. The molecule has 0 aromatic heterocycles. The highest BCUT2D eigenvalue weighted by Crippen LogP contribution is 2.02. The van der Waals surface area contributed by atoms with Gasteiger partial charge in [-0.15, -0.1) is 0 Å². The Hall–Kier alpha value is -0.370. The molecule has 0 aromatic carbocycles. The summed E-state index contributed by atoms with van der Waals surface area (Å²) in [6.45, 7) is 5.81. The molecule has 0 amide bonds. The first kappa shape index (κ1) is 9.63. The molecule has 0 radical (unpaired) electrons. The van der Waals surface area contributed by atoms with Crippen LogP contribution in [0.25, 0.3) is 0 Å². The molecule has 0 saturated heterocycles. The summed E-state index contributed by atoms with van der Waals surface area (Å²) in [5.74, 6) is 0.267. The number of carbonyl (C=O) groups is 1. The second kappa shape index (κ2) is 4.45. The van der Waals surface area contributed by atoms with Crippen LogP contribution in [0.2, 0.25) is 0 Å². The van der Waals surface area contributed by atoms with Crippen LogP contribution in [0.1, 0.15) is 33.6 Å². The fourth-order valence-corrected chi connectivity index (χ4v) is 0.881. The molecule has 10 heavy (non-hydrogen) atoms. The first-order valence-corrected chi connectivity index (χ1v) is 3.88. The molecule has 0 rings (SSSR count). The van der Waals surface area contributed by atoms with E-state index in [1.807, 2.05) is 20.8 Å². The number of rotatable bonds is 4. The Kier molecular flexibility index (Phi) is 4.28. The van der Waals surface area contributed by atoms with Crippen LogP contribution in [0.15, 0.2) is 0 Å². The molecule has 0 aliphatic carbocycles. The van der Waals surface area contributed by atoms with Gasteiger partial charge in [0.15, 0.2) is 5.78 Å². The van der Waals surface area contributed by atoms with Crippen LogP contribution >= 0.6 is 0 Å². The minimum atomic E-state index is -0.231. The average molecular weight is 143 g/mol. The van der Waals surface area contributed by atoms with Gasteiger partial charge in [-0.2, -0.15) is 0 Å². The molecule has 0 aromatic rings. The molecule has 60 valence electrons. The highest BCUT2D eigenvalue weighted by molar-refractivity contribution is 5.85. The first-order valence-electron chi connectivity index (χ1n) is 3.88. The molecule has 0 bridgehead atoms. The zero-order chi connectivity index (χ0) is 8.15. The van der Waals surface area contributed by atoms with E-state index in [1.165, 1.54) is 0 Å². The lowest BCUT2D eigenvalue weighted by molar-refractivity contribution is -0.123. The number of ketones is 1. The van der Waals surface area contributed by atoms with E-state index in [0.717, 1.165) is 12.8 Å². The normalized spacial score (nSPS) is 13.7. The number of nitrogens with two attached hydrogens (primary N) is 1. The number of hydrogen-bond donors (Lipinski definition) is 1. The van der Waals surface area contributed by atoms with Crippen molar-refractivity contribution in [2.45, 2.75) is 39.7 Å². The SMILES string of the molecule is CCC[C@@H](N)C(=O)C(C)C. The standard InChI is InChI=1S/C8H17NO/c1-4-5-7(9)8(10)6(2)3/h6-7H,4-5,9H2,1-3H3/t7-/m1/s1. The summed E-state index contributed by atoms with van der Waals surface area (Å²) in [6.07, 6.45) is 1.80. The zero-order valence-electron chi connectivity index (χ0n) is 7.05. The van der Waals surface area contributed by atoms with Gasteiger partial charge in [0.25, 0.3) is 0 Å². The second-order valence-electron chi connectivity index (χ2n) is 2.95. The third kappa shape index (κ3) is 2.97. The predicted molar refractivity (Wildman–Crippen MR) is 42.7 cm³/mol. The van der Waals surface area contributed by atoms with Crippen LogP contribution in [0, 0.1) is 5.92 Å². The Bertz CT molecular complexity index is 110. The van der Waals surface area contributed by atoms with Crippen LogP contribution in [-0.2, 0) is 4.79 Å². The molecule has 1 atom stereocenters. The summed E-state index contributed by atoms with van der Waals surface area (Å²) in [5.41, 5.74) is 5.58. The molecule has 0 fully saturated rings. The number of Topliss-reactive ketones (excluding diaryl/α,β-unsaturated/α-hetero) is 1. The summed E-state index contributed by atoms with van der Waals surface area (Å²) in [4.78, 5) is 11.1. The lowest BCUT2D eigenvalue weighted by Gasteiger charge is -2.10. The minimum Gasteiger partial charge on any atom is -0.321 e. The van der Waals surface area contributed by atoms with Gasteiger partial charge in [-0.25, -0.2) is 0 Å². The molecule has 0 heterocycles. The van der Waals surface area contributed by atoms with E-state index in [-0.39, 0.29) is 17.7 Å². The predicted octanol–water partition coefficient (Wildman–Crippen LogP) is 1.34. The molecule has 0 aliphatic heterocycles. The molecule has 2 nitrogen and oxygen atoms in total. The Balaban J connectivity index is 3.71. The van der Waals surface area contributed by atoms with E-state index < -0.39 is 0 Å². The van der Waals surface area contributed by atoms with Crippen molar-refractivity contribution in [1.29, 1.82) is 0 Å². The Labute approximate surface area is 62.8 Å². The third-order valence-corrected chi connectivity index (χ3v) is 1.53. The molecule has 0 spiro atoms. The van der Waals surface area contributed by atoms with E-state index in [2.05, 4.69) is 0 Å². The van der Waals surface area contributed by atoms with Gasteiger partial charge < -0.3 is 5.73 Å². The van der Waals surface area contributed by atoms with Crippen LogP contribution in [0.3, 0.4) is 0 Å². The topological polar surface area (TPSA) is 43.1 Å². The summed E-state index contributed by atoms with van der Waals surface area (Å²) >= 11 is 0. The van der Waals surface area contributed by atoms with Crippen molar-refractivity contribution in [3.05, 3.63) is 0 Å². The van der Waals surface area contributed by atoms with E-state index in [0.29, 0.717) is 0 Å². The highest BCUT2D eigenvalue weighted by atomic mass is 16.1. The van der Waals surface area contributed by atoms with E-state index in [1.54, 1.807) is 0 Å². The molecule has 0 aliphatic rings. The summed E-state index contributed by atoms with van der Waals surface area (Å²) < 4.78 is 0. The van der Waals surface area contributed by atoms with Gasteiger partial charge in [-0.05, 0) is 6.42 Å². The van der Waals surface area contributed by atoms with E-state index in [9.17, 15) is 4.79 Å². The van der Waals surface area contributed by atoms with Crippen molar-refractivity contribution < 1.29 is 4.79 Å². The van der Waals surface area contributed by atoms with Crippen molar-refractivity contribution in [1.82, 2.24) is 0 Å². The summed E-state index contributed by atoms with van der Waals surface area (Å²) in [7, 11) is 0. The zero-order valence-corrected chi connectivity index (χ0v) is 7.05. The van der Waals surface area contributed by atoms with Gasteiger partial charge in [0.05, 0.1) is 6.04 Å². The second-order valence-corrected chi connectivity index (χ2v) is 2.95. The maximum Gasteiger partial charge on any atom is 0.152 e. The molecule has 2 N–H and O–H groups in total. The van der Waals surface area contributed by atoms with Gasteiger partial charge in [0.2, 0.25) is 0 Å². The average Bonchev–Trinajstić information content (AvgIpc) is 1.87. The maximum atomic E-state index is 11.1. The lowest BCUT2D eigenvalue weighted by Crippen LogP contribution is -2.33. The minimum absolute atomic E-state index is 0.0848. The van der Waals surface area contributed by atoms with Crippen molar-refractivity contribution in [2.24, 2.45) is 11.7 Å². The van der Waals surface area contributed by atoms with Gasteiger partial charge in [0.1, 0.15) is 0 Å². The maximum absolute atomic E-state index is 11.1.